The number of nitrogens with one attached hydrogen (secondary N) is 1. The van der Waals surface area contributed by atoms with Gasteiger partial charge in [-0.1, -0.05) is 0 Å². The van der Waals surface area contributed by atoms with Gasteiger partial charge in [0.05, 0.1) is 29.9 Å². The summed E-state index contributed by atoms with van der Waals surface area (Å²) in [4.78, 5) is 39.4. The van der Waals surface area contributed by atoms with Crippen LogP contribution in [0.1, 0.15) is 51.5 Å². The van der Waals surface area contributed by atoms with Crippen LogP contribution in [0.25, 0.3) is 0 Å². The molecule has 224 valence electrons. The second-order valence-electron chi connectivity index (χ2n) is 9.48. The fourth-order valence-corrected chi connectivity index (χ4v) is 5.28. The predicted molar refractivity (Wildman–Crippen MR) is 156 cm³/mol. The summed E-state index contributed by atoms with van der Waals surface area (Å²) >= 11 is 2.04. The predicted octanol–water partition coefficient (Wildman–Crippen LogP) is 1.72. The van der Waals surface area contributed by atoms with Crippen molar-refractivity contribution in [2.45, 2.75) is 70.8 Å². The van der Waals surface area contributed by atoms with Gasteiger partial charge in [-0.2, -0.15) is 0 Å². The van der Waals surface area contributed by atoms with Gasteiger partial charge in [0.2, 0.25) is 11.8 Å². The Balaban J connectivity index is 2.44. The van der Waals surface area contributed by atoms with E-state index in [1.165, 1.54) is 20.1 Å². The number of carbonyl (C=O) groups excluding carboxylic acids is 3. The van der Waals surface area contributed by atoms with E-state index < -0.39 is 24.2 Å². The molecular formula is C28H41IN2O9. The van der Waals surface area contributed by atoms with Crippen molar-refractivity contribution in [3.8, 4) is 11.5 Å². The van der Waals surface area contributed by atoms with Gasteiger partial charge in [-0.3, -0.25) is 9.59 Å². The molecule has 0 radical (unpaired) electrons. The summed E-state index contributed by atoms with van der Waals surface area (Å²) in [6, 6.07) is 2.56. The minimum atomic E-state index is -1.20. The molecule has 0 aliphatic heterocycles. The van der Waals surface area contributed by atoms with E-state index in [4.69, 9.17) is 14.2 Å². The molecule has 3 atom stereocenters. The number of amides is 2. The van der Waals surface area contributed by atoms with E-state index in [0.29, 0.717) is 52.3 Å². The molecule has 1 aromatic rings. The standard InChI is InChI=1S/C28H41IN2O9/c1-4-39-12-6-10-31(25(35)8-5-7-18(2)34)22-15-20(28(37)30-9-11-32)16-23(26(22)36)40-27-21(29)13-19(17-33)14-24(27)38-3/h13-14,16,22-23,26,32-33,36H,4-12,15,17H2,1-3H3,(H,30,37)/t22-,23+,26+/m1/s1. The van der Waals surface area contributed by atoms with E-state index >= 15 is 0 Å². The molecule has 0 bridgehead atoms. The van der Waals surface area contributed by atoms with Crippen molar-refractivity contribution in [3.05, 3.63) is 32.9 Å². The highest BCUT2D eigenvalue weighted by atomic mass is 127. The number of benzene rings is 1. The molecule has 0 unspecified atom stereocenters. The summed E-state index contributed by atoms with van der Waals surface area (Å²) in [5, 5.41) is 32.9. The molecule has 0 saturated heterocycles. The fourth-order valence-electron chi connectivity index (χ4n) is 4.48. The van der Waals surface area contributed by atoms with Crippen molar-refractivity contribution in [2.75, 3.05) is 40.0 Å². The van der Waals surface area contributed by atoms with Crippen molar-refractivity contribution >= 4 is 40.2 Å². The molecule has 0 saturated carbocycles. The molecule has 0 fully saturated rings. The Labute approximate surface area is 249 Å². The molecule has 0 spiro atoms. The number of ketones is 1. The van der Waals surface area contributed by atoms with Gasteiger partial charge in [-0.05, 0) is 73.1 Å². The monoisotopic (exact) mass is 676 g/mol. The molecule has 1 aliphatic rings. The number of nitrogens with zero attached hydrogens (tertiary/aromatic N) is 1. The molecule has 2 amide bonds. The molecule has 11 nitrogen and oxygen atoms in total. The number of carbonyl (C=O) groups is 3. The zero-order valence-corrected chi connectivity index (χ0v) is 25.5. The fraction of sp³-hybridized carbons (Fsp3) is 0.607. The summed E-state index contributed by atoms with van der Waals surface area (Å²) in [6.07, 6.45) is 0.675. The Kier molecular flexibility index (Phi) is 14.9. The SMILES string of the molecule is CCOCCCN(C(=O)CCCC(C)=O)[C@@H]1CC(C(=O)NCCO)=C[C@H](Oc2c(I)cc(CO)cc2OC)[C@H]1O. The number of halogens is 1. The van der Waals surface area contributed by atoms with Crippen LogP contribution in [-0.2, 0) is 25.7 Å². The average Bonchev–Trinajstić information content (AvgIpc) is 2.93. The van der Waals surface area contributed by atoms with E-state index in [-0.39, 0.29) is 57.3 Å². The third kappa shape index (κ3) is 9.98. The molecule has 0 heterocycles. The van der Waals surface area contributed by atoms with Crippen LogP contribution in [0, 0.1) is 3.57 Å². The van der Waals surface area contributed by atoms with Crippen LogP contribution < -0.4 is 14.8 Å². The Hall–Kier alpha value is -2.26. The molecule has 2 rings (SSSR count). The maximum atomic E-state index is 13.4. The molecule has 12 heteroatoms. The van der Waals surface area contributed by atoms with Gasteiger partial charge < -0.3 is 44.5 Å². The van der Waals surface area contributed by atoms with E-state index in [0.717, 1.165) is 0 Å². The van der Waals surface area contributed by atoms with Crippen LogP contribution in [0.2, 0.25) is 0 Å². The Bertz CT molecular complexity index is 1030. The number of aliphatic hydroxyl groups excluding tert-OH is 3. The van der Waals surface area contributed by atoms with Gasteiger partial charge in [0, 0.05) is 51.1 Å². The van der Waals surface area contributed by atoms with Crippen LogP contribution in [0.5, 0.6) is 11.5 Å². The number of ether oxygens (including phenoxy) is 3. The molecule has 1 aromatic carbocycles. The van der Waals surface area contributed by atoms with Gasteiger partial charge in [0.15, 0.2) is 11.5 Å². The number of aliphatic hydroxyl groups is 3. The molecule has 1 aliphatic carbocycles. The number of hydrogen-bond donors (Lipinski definition) is 4. The zero-order valence-electron chi connectivity index (χ0n) is 23.4. The van der Waals surface area contributed by atoms with Crippen LogP contribution in [-0.4, -0.2) is 96.1 Å². The minimum absolute atomic E-state index is 0.0107. The Morgan fingerprint density at radius 1 is 1.18 bits per heavy atom. The Morgan fingerprint density at radius 2 is 1.93 bits per heavy atom. The normalized spacial score (nSPS) is 18.6. The maximum absolute atomic E-state index is 13.4. The van der Waals surface area contributed by atoms with Gasteiger partial charge in [0.1, 0.15) is 18.0 Å². The number of rotatable bonds is 17. The lowest BCUT2D eigenvalue weighted by atomic mass is 9.87. The highest BCUT2D eigenvalue weighted by Gasteiger charge is 2.40. The first-order valence-electron chi connectivity index (χ1n) is 13.4. The topological polar surface area (TPSA) is 155 Å². The third-order valence-electron chi connectivity index (χ3n) is 6.47. The maximum Gasteiger partial charge on any atom is 0.247 e. The molecule has 0 aromatic heterocycles. The van der Waals surface area contributed by atoms with Crippen LogP contribution in [0.4, 0.5) is 0 Å². The first kappa shape index (κ1) is 33.9. The van der Waals surface area contributed by atoms with Gasteiger partial charge >= 0.3 is 0 Å². The van der Waals surface area contributed by atoms with Crippen LogP contribution >= 0.6 is 22.6 Å². The summed E-state index contributed by atoms with van der Waals surface area (Å²) in [7, 11) is 1.46. The summed E-state index contributed by atoms with van der Waals surface area (Å²) in [5.41, 5.74) is 0.924. The lowest BCUT2D eigenvalue weighted by Crippen LogP contribution is -2.55. The van der Waals surface area contributed by atoms with Crippen molar-refractivity contribution in [2.24, 2.45) is 0 Å². The number of methoxy groups -OCH3 is 1. The second kappa shape index (κ2) is 17.5. The lowest BCUT2D eigenvalue weighted by Gasteiger charge is -2.41. The van der Waals surface area contributed by atoms with Crippen molar-refractivity contribution < 1.29 is 43.9 Å². The van der Waals surface area contributed by atoms with Gasteiger partial charge in [-0.25, -0.2) is 0 Å². The average molecular weight is 677 g/mol. The molecular weight excluding hydrogens is 635 g/mol. The van der Waals surface area contributed by atoms with E-state index in [1.807, 2.05) is 29.5 Å². The summed E-state index contributed by atoms with van der Waals surface area (Å²) in [6.45, 7) is 4.19. The number of Topliss-reactive ketones (excluding diaryl/α,β-unsaturated/α-hetero) is 1. The third-order valence-corrected chi connectivity index (χ3v) is 7.27. The lowest BCUT2D eigenvalue weighted by molar-refractivity contribution is -0.139. The largest absolute Gasteiger partial charge is 0.493 e. The summed E-state index contributed by atoms with van der Waals surface area (Å²) in [5.74, 6) is -0.0126. The second-order valence-corrected chi connectivity index (χ2v) is 10.6. The van der Waals surface area contributed by atoms with Crippen LogP contribution in [0.15, 0.2) is 23.8 Å². The van der Waals surface area contributed by atoms with E-state index in [1.54, 1.807) is 17.0 Å². The first-order chi connectivity index (χ1) is 19.2. The van der Waals surface area contributed by atoms with Crippen molar-refractivity contribution in [1.29, 1.82) is 0 Å². The van der Waals surface area contributed by atoms with Gasteiger partial charge in [0.25, 0.3) is 0 Å². The Morgan fingerprint density at radius 3 is 2.55 bits per heavy atom. The summed E-state index contributed by atoms with van der Waals surface area (Å²) < 4.78 is 17.8. The quantitative estimate of drug-likeness (QED) is 0.143. The smallest absolute Gasteiger partial charge is 0.247 e. The minimum Gasteiger partial charge on any atom is -0.493 e. The van der Waals surface area contributed by atoms with Gasteiger partial charge in [-0.15, -0.1) is 0 Å². The van der Waals surface area contributed by atoms with Crippen LogP contribution in [0.3, 0.4) is 0 Å². The highest BCUT2D eigenvalue weighted by molar-refractivity contribution is 14.1. The van der Waals surface area contributed by atoms with Crippen molar-refractivity contribution in [1.82, 2.24) is 10.2 Å². The molecule has 40 heavy (non-hydrogen) atoms. The zero-order chi connectivity index (χ0) is 29.7. The number of hydrogen-bond acceptors (Lipinski definition) is 9. The van der Waals surface area contributed by atoms with E-state index in [9.17, 15) is 29.7 Å². The highest BCUT2D eigenvalue weighted by Crippen LogP contribution is 2.37. The van der Waals surface area contributed by atoms with E-state index in [2.05, 4.69) is 5.32 Å². The first-order valence-corrected chi connectivity index (χ1v) is 14.5. The van der Waals surface area contributed by atoms with Crippen molar-refractivity contribution in [3.63, 3.8) is 0 Å². The molecule has 4 N–H and O–H groups in total.